The van der Waals surface area contributed by atoms with E-state index in [1.54, 1.807) is 4.90 Å². The van der Waals surface area contributed by atoms with Gasteiger partial charge in [-0.2, -0.15) is 4.31 Å². The molecule has 1 amide bonds. The molecule has 0 aromatic heterocycles. The molecular weight excluding hydrogens is 464 g/mol. The maximum absolute atomic E-state index is 12.9. The van der Waals surface area contributed by atoms with Crippen molar-refractivity contribution in [2.24, 2.45) is 5.92 Å². The Kier molecular flexibility index (Phi) is 8.57. The van der Waals surface area contributed by atoms with Gasteiger partial charge in [0.1, 0.15) is 0 Å². The number of sulfonamides is 1. The summed E-state index contributed by atoms with van der Waals surface area (Å²) in [5.74, 6) is -0.277. The van der Waals surface area contributed by atoms with Crippen molar-refractivity contribution in [1.82, 2.24) is 9.21 Å². The van der Waals surface area contributed by atoms with Gasteiger partial charge >= 0.3 is 5.97 Å². The van der Waals surface area contributed by atoms with Crippen LogP contribution in [-0.2, 0) is 26.0 Å². The fraction of sp³-hybridized carbons (Fsp3) is 0.481. The third-order valence-electron chi connectivity index (χ3n) is 6.95. The first kappa shape index (κ1) is 25.4. The largest absolute Gasteiger partial charge is 0.452 e. The van der Waals surface area contributed by atoms with E-state index >= 15 is 0 Å². The lowest BCUT2D eigenvalue weighted by atomic mass is 9.90. The minimum absolute atomic E-state index is 0.172. The van der Waals surface area contributed by atoms with Crippen molar-refractivity contribution in [2.45, 2.75) is 49.8 Å². The number of hydrogen-bond donors (Lipinski definition) is 0. The second kappa shape index (κ2) is 11.8. The first-order valence-electron chi connectivity index (χ1n) is 12.5. The van der Waals surface area contributed by atoms with E-state index in [4.69, 9.17) is 4.74 Å². The highest BCUT2D eigenvalue weighted by Gasteiger charge is 2.26. The fourth-order valence-corrected chi connectivity index (χ4v) is 6.35. The molecule has 2 aliphatic rings. The Bertz CT molecular complexity index is 1090. The van der Waals surface area contributed by atoms with Crippen molar-refractivity contribution in [1.29, 1.82) is 0 Å². The van der Waals surface area contributed by atoms with E-state index in [2.05, 4.69) is 12.1 Å². The maximum Gasteiger partial charge on any atom is 0.338 e. The van der Waals surface area contributed by atoms with E-state index in [-0.39, 0.29) is 23.0 Å². The molecule has 0 aliphatic carbocycles. The SMILES string of the molecule is O=C(OCC(=O)N1CCC(Cc2ccccc2)CC1)c1ccc(S(=O)(=O)N2CCCCCC2)cc1. The Morgan fingerprint density at radius 2 is 1.46 bits per heavy atom. The summed E-state index contributed by atoms with van der Waals surface area (Å²) in [6.45, 7) is 2.07. The number of hydrogen-bond acceptors (Lipinski definition) is 5. The molecule has 2 aromatic rings. The van der Waals surface area contributed by atoms with Crippen molar-refractivity contribution in [2.75, 3.05) is 32.8 Å². The van der Waals surface area contributed by atoms with Gasteiger partial charge in [0.05, 0.1) is 10.5 Å². The highest BCUT2D eigenvalue weighted by molar-refractivity contribution is 7.89. The number of ether oxygens (including phenoxy) is 1. The second-order valence-electron chi connectivity index (χ2n) is 9.43. The van der Waals surface area contributed by atoms with Crippen molar-refractivity contribution >= 4 is 21.9 Å². The van der Waals surface area contributed by atoms with E-state index in [9.17, 15) is 18.0 Å². The minimum Gasteiger partial charge on any atom is -0.452 e. The molecule has 0 bridgehead atoms. The first-order chi connectivity index (χ1) is 16.9. The van der Waals surface area contributed by atoms with E-state index < -0.39 is 16.0 Å². The molecule has 0 spiro atoms. The summed E-state index contributed by atoms with van der Waals surface area (Å²) in [7, 11) is -3.57. The molecule has 2 fully saturated rings. The summed E-state index contributed by atoms with van der Waals surface area (Å²) in [6, 6.07) is 16.2. The smallest absolute Gasteiger partial charge is 0.338 e. The number of benzene rings is 2. The Morgan fingerprint density at radius 3 is 2.09 bits per heavy atom. The normalized spacial score (nSPS) is 18.1. The molecule has 0 saturated carbocycles. The Morgan fingerprint density at radius 1 is 0.829 bits per heavy atom. The van der Waals surface area contributed by atoms with Crippen LogP contribution in [0.2, 0.25) is 0 Å². The van der Waals surface area contributed by atoms with Crippen LogP contribution in [0.1, 0.15) is 54.4 Å². The fourth-order valence-electron chi connectivity index (χ4n) is 4.83. The molecular formula is C27H34N2O5S. The summed E-state index contributed by atoms with van der Waals surface area (Å²) < 4.78 is 32.5. The lowest BCUT2D eigenvalue weighted by Gasteiger charge is -2.32. The summed E-state index contributed by atoms with van der Waals surface area (Å²) in [4.78, 5) is 26.9. The van der Waals surface area contributed by atoms with Crippen LogP contribution in [0.3, 0.4) is 0 Å². The predicted molar refractivity (Wildman–Crippen MR) is 133 cm³/mol. The molecule has 2 heterocycles. The lowest BCUT2D eigenvalue weighted by Crippen LogP contribution is -2.41. The van der Waals surface area contributed by atoms with Gasteiger partial charge in [-0.1, -0.05) is 43.2 Å². The zero-order valence-corrected chi connectivity index (χ0v) is 20.9. The highest BCUT2D eigenvalue weighted by Crippen LogP contribution is 2.23. The zero-order chi connectivity index (χ0) is 24.7. The van der Waals surface area contributed by atoms with Crippen LogP contribution < -0.4 is 0 Å². The van der Waals surface area contributed by atoms with Gasteiger partial charge in [-0.05, 0) is 67.9 Å². The van der Waals surface area contributed by atoms with E-state index in [0.29, 0.717) is 32.1 Å². The molecule has 2 aromatic carbocycles. The van der Waals surface area contributed by atoms with Gasteiger partial charge in [0, 0.05) is 26.2 Å². The van der Waals surface area contributed by atoms with Gasteiger partial charge < -0.3 is 9.64 Å². The number of piperidine rings is 1. The zero-order valence-electron chi connectivity index (χ0n) is 20.1. The van der Waals surface area contributed by atoms with Crippen molar-refractivity contribution < 1.29 is 22.7 Å². The van der Waals surface area contributed by atoms with Crippen LogP contribution in [0, 0.1) is 5.92 Å². The molecule has 4 rings (SSSR count). The van der Waals surface area contributed by atoms with Gasteiger partial charge in [0.2, 0.25) is 10.0 Å². The first-order valence-corrected chi connectivity index (χ1v) is 14.0. The van der Waals surface area contributed by atoms with Crippen molar-refractivity contribution in [3.05, 3.63) is 65.7 Å². The number of rotatable bonds is 7. The van der Waals surface area contributed by atoms with Gasteiger partial charge in [-0.3, -0.25) is 4.79 Å². The van der Waals surface area contributed by atoms with Crippen LogP contribution in [0.25, 0.3) is 0 Å². The van der Waals surface area contributed by atoms with Gasteiger partial charge in [0.25, 0.3) is 5.91 Å². The molecule has 2 aliphatic heterocycles. The van der Waals surface area contributed by atoms with E-state index in [0.717, 1.165) is 44.9 Å². The molecule has 0 unspecified atom stereocenters. The quantitative estimate of drug-likeness (QED) is 0.541. The van der Waals surface area contributed by atoms with Crippen molar-refractivity contribution in [3.8, 4) is 0 Å². The number of amides is 1. The van der Waals surface area contributed by atoms with Gasteiger partial charge in [-0.15, -0.1) is 0 Å². The third-order valence-corrected chi connectivity index (χ3v) is 8.87. The molecule has 2 saturated heterocycles. The molecule has 188 valence electrons. The molecule has 0 radical (unpaired) electrons. The average molecular weight is 499 g/mol. The number of carbonyl (C=O) groups is 2. The molecule has 35 heavy (non-hydrogen) atoms. The summed E-state index contributed by atoms with van der Waals surface area (Å²) in [6.07, 6.45) is 6.69. The van der Waals surface area contributed by atoms with E-state index in [1.807, 2.05) is 18.2 Å². The van der Waals surface area contributed by atoms with Gasteiger partial charge in [0.15, 0.2) is 6.61 Å². The van der Waals surface area contributed by atoms with Crippen molar-refractivity contribution in [3.63, 3.8) is 0 Å². The summed E-state index contributed by atoms with van der Waals surface area (Å²) in [5.41, 5.74) is 1.55. The van der Waals surface area contributed by atoms with Crippen LogP contribution in [-0.4, -0.2) is 62.3 Å². The van der Waals surface area contributed by atoms with Crippen LogP contribution in [0.4, 0.5) is 0 Å². The summed E-state index contributed by atoms with van der Waals surface area (Å²) in [5, 5.41) is 0. The second-order valence-corrected chi connectivity index (χ2v) is 11.4. The predicted octanol–water partition coefficient (Wildman–Crippen LogP) is 3.89. The molecule has 8 heteroatoms. The Labute approximate surface area is 208 Å². The summed E-state index contributed by atoms with van der Waals surface area (Å²) >= 11 is 0. The monoisotopic (exact) mass is 498 g/mol. The van der Waals surface area contributed by atoms with Crippen LogP contribution in [0.15, 0.2) is 59.5 Å². The van der Waals surface area contributed by atoms with Crippen LogP contribution in [0.5, 0.6) is 0 Å². The number of nitrogens with zero attached hydrogens (tertiary/aromatic N) is 2. The van der Waals surface area contributed by atoms with E-state index in [1.165, 1.54) is 34.1 Å². The van der Waals surface area contributed by atoms with Gasteiger partial charge in [-0.25, -0.2) is 13.2 Å². The topological polar surface area (TPSA) is 84.0 Å². The average Bonchev–Trinajstić information content (AvgIpc) is 3.19. The standard InChI is InChI=1S/C27H34N2O5S/c30-26(28-18-14-23(15-19-28)20-22-8-4-3-5-9-22)21-34-27(31)24-10-12-25(13-11-24)35(32,33)29-16-6-1-2-7-17-29/h3-5,8-13,23H,1-2,6-7,14-21H2. The van der Waals surface area contributed by atoms with Crippen LogP contribution >= 0.6 is 0 Å². The Hall–Kier alpha value is -2.71. The number of esters is 1. The molecule has 0 N–H and O–H groups in total. The molecule has 0 atom stereocenters. The highest BCUT2D eigenvalue weighted by atomic mass is 32.2. The minimum atomic E-state index is -3.57. The lowest BCUT2D eigenvalue weighted by molar-refractivity contribution is -0.135. The maximum atomic E-state index is 12.9. The molecule has 7 nitrogen and oxygen atoms in total. The number of likely N-dealkylation sites (tertiary alicyclic amines) is 1. The number of carbonyl (C=O) groups excluding carboxylic acids is 2. The Balaban J connectivity index is 1.24. The third kappa shape index (κ3) is 6.70.